The number of amides is 1. The lowest BCUT2D eigenvalue weighted by molar-refractivity contribution is 0.0489. The molecule has 1 aliphatic rings. The number of sulfonamides is 1. The molecule has 1 amide bonds. The van der Waals surface area contributed by atoms with Crippen molar-refractivity contribution in [2.75, 3.05) is 40.3 Å². The average Bonchev–Trinajstić information content (AvgIpc) is 2.66. The largest absolute Gasteiger partial charge is 0.492 e. The van der Waals surface area contributed by atoms with Crippen molar-refractivity contribution < 1.29 is 22.7 Å². The highest BCUT2D eigenvalue weighted by molar-refractivity contribution is 7.89. The minimum Gasteiger partial charge on any atom is -0.492 e. The molecule has 1 saturated heterocycles. The van der Waals surface area contributed by atoms with Crippen molar-refractivity contribution in [2.45, 2.75) is 56.6 Å². The number of benzene rings is 1. The molecule has 8 nitrogen and oxygen atoms in total. The van der Waals surface area contributed by atoms with E-state index in [1.54, 1.807) is 24.3 Å². The second-order valence-corrected chi connectivity index (χ2v) is 10.8. The van der Waals surface area contributed by atoms with E-state index >= 15 is 0 Å². The highest BCUT2D eigenvalue weighted by atomic mass is 32.2. The highest BCUT2D eigenvalue weighted by Gasteiger charge is 2.24. The van der Waals surface area contributed by atoms with Gasteiger partial charge in [0, 0.05) is 33.2 Å². The quantitative estimate of drug-likeness (QED) is 0.667. The lowest BCUT2D eigenvalue weighted by Crippen LogP contribution is -2.48. The summed E-state index contributed by atoms with van der Waals surface area (Å²) in [4.78, 5) is 14.5. The van der Waals surface area contributed by atoms with Gasteiger partial charge in [0.15, 0.2) is 0 Å². The summed E-state index contributed by atoms with van der Waals surface area (Å²) >= 11 is 0. The molecule has 0 bridgehead atoms. The number of hydrogen-bond acceptors (Lipinski definition) is 6. The third-order valence-corrected chi connectivity index (χ3v) is 6.71. The van der Waals surface area contributed by atoms with Gasteiger partial charge in [0.2, 0.25) is 10.0 Å². The van der Waals surface area contributed by atoms with Crippen molar-refractivity contribution in [1.82, 2.24) is 14.5 Å². The van der Waals surface area contributed by atoms with Crippen LogP contribution in [0.4, 0.5) is 4.79 Å². The van der Waals surface area contributed by atoms with Crippen molar-refractivity contribution in [3.05, 3.63) is 24.3 Å². The summed E-state index contributed by atoms with van der Waals surface area (Å²) in [7, 11) is -0.426. The maximum absolute atomic E-state index is 12.1. The Kier molecular flexibility index (Phi) is 8.52. The van der Waals surface area contributed by atoms with Gasteiger partial charge in [-0.2, -0.15) is 0 Å². The predicted octanol–water partition coefficient (Wildman–Crippen LogP) is 2.69. The number of hydrogen-bond donors (Lipinski definition) is 1. The second kappa shape index (κ2) is 10.5. The number of rotatable bonds is 8. The third-order valence-electron chi connectivity index (χ3n) is 4.88. The summed E-state index contributed by atoms with van der Waals surface area (Å²) in [6, 6.07) is 6.71. The zero-order valence-corrected chi connectivity index (χ0v) is 19.5. The summed E-state index contributed by atoms with van der Waals surface area (Å²) in [5.74, 6) is 0.633. The van der Waals surface area contributed by atoms with Crippen LogP contribution in [-0.4, -0.2) is 75.7 Å². The van der Waals surface area contributed by atoms with E-state index in [0.717, 1.165) is 32.4 Å². The van der Waals surface area contributed by atoms with E-state index in [0.29, 0.717) is 18.9 Å². The topological polar surface area (TPSA) is 88.2 Å². The fourth-order valence-corrected chi connectivity index (χ4v) is 4.20. The van der Waals surface area contributed by atoms with Gasteiger partial charge in [0.25, 0.3) is 0 Å². The molecule has 1 atom stereocenters. The lowest BCUT2D eigenvalue weighted by atomic mass is 10.0. The molecule has 1 N–H and O–H groups in total. The molecular weight excluding hydrogens is 406 g/mol. The summed E-state index contributed by atoms with van der Waals surface area (Å²) in [5.41, 5.74) is -0.508. The van der Waals surface area contributed by atoms with E-state index < -0.39 is 21.7 Å². The summed E-state index contributed by atoms with van der Waals surface area (Å²) in [5, 5.41) is 2.87. The SMILES string of the molecule is CN(C)S(=O)(=O)c1ccc(OCCN2CCCCC2CNC(=O)OC(C)(C)C)cc1. The van der Waals surface area contributed by atoms with Crippen LogP contribution in [0.5, 0.6) is 5.75 Å². The third kappa shape index (κ3) is 7.45. The highest BCUT2D eigenvalue weighted by Crippen LogP contribution is 2.19. The van der Waals surface area contributed by atoms with Gasteiger partial charge in [-0.1, -0.05) is 6.42 Å². The number of piperidine rings is 1. The summed E-state index contributed by atoms with van der Waals surface area (Å²) in [6.07, 6.45) is 2.89. The fraction of sp³-hybridized carbons (Fsp3) is 0.667. The number of likely N-dealkylation sites (tertiary alicyclic amines) is 1. The van der Waals surface area contributed by atoms with Crippen LogP contribution in [0.25, 0.3) is 0 Å². The number of nitrogens with one attached hydrogen (secondary N) is 1. The second-order valence-electron chi connectivity index (χ2n) is 8.68. The molecule has 0 radical (unpaired) electrons. The van der Waals surface area contributed by atoms with Crippen molar-refractivity contribution in [2.24, 2.45) is 0 Å². The molecule has 9 heteroatoms. The van der Waals surface area contributed by atoms with Crippen LogP contribution >= 0.6 is 0 Å². The van der Waals surface area contributed by atoms with E-state index in [2.05, 4.69) is 10.2 Å². The molecule has 170 valence electrons. The molecule has 1 fully saturated rings. The van der Waals surface area contributed by atoms with Crippen LogP contribution in [0.1, 0.15) is 40.0 Å². The Labute approximate surface area is 180 Å². The smallest absolute Gasteiger partial charge is 0.407 e. The van der Waals surface area contributed by atoms with Gasteiger partial charge in [-0.25, -0.2) is 17.5 Å². The summed E-state index contributed by atoms with van der Waals surface area (Å²) < 4.78 is 36.6. The van der Waals surface area contributed by atoms with Gasteiger partial charge in [-0.05, 0) is 64.4 Å². The molecule has 30 heavy (non-hydrogen) atoms. The van der Waals surface area contributed by atoms with Crippen molar-refractivity contribution >= 4 is 16.1 Å². The first-order valence-corrected chi connectivity index (χ1v) is 11.8. The van der Waals surface area contributed by atoms with Gasteiger partial charge < -0.3 is 14.8 Å². The van der Waals surface area contributed by atoms with E-state index in [-0.39, 0.29) is 10.9 Å². The van der Waals surface area contributed by atoms with Gasteiger partial charge in [-0.15, -0.1) is 0 Å². The molecule has 1 heterocycles. The standard InChI is InChI=1S/C21H35N3O5S/c1-21(2,3)29-20(25)22-16-17-8-6-7-13-24(17)14-15-28-18-9-11-19(12-10-18)30(26,27)23(4)5/h9-12,17H,6-8,13-16H2,1-5H3,(H,22,25). The maximum Gasteiger partial charge on any atom is 0.407 e. The van der Waals surface area contributed by atoms with E-state index in [1.165, 1.54) is 18.4 Å². The maximum atomic E-state index is 12.1. The van der Waals surface area contributed by atoms with Gasteiger partial charge in [0.05, 0.1) is 4.90 Å². The average molecular weight is 442 g/mol. The molecule has 1 aromatic rings. The predicted molar refractivity (Wildman–Crippen MR) is 116 cm³/mol. The number of nitrogens with zero attached hydrogens (tertiary/aromatic N) is 2. The number of alkyl carbamates (subject to hydrolysis) is 1. The summed E-state index contributed by atoms with van der Waals surface area (Å²) in [6.45, 7) is 8.27. The zero-order chi connectivity index (χ0) is 22.4. The fourth-order valence-electron chi connectivity index (χ4n) is 3.30. The molecule has 0 saturated carbocycles. The Morgan fingerprint density at radius 3 is 2.47 bits per heavy atom. The molecule has 0 aliphatic carbocycles. The Bertz CT molecular complexity index is 788. The first-order valence-electron chi connectivity index (χ1n) is 10.4. The van der Waals surface area contributed by atoms with Crippen molar-refractivity contribution in [3.8, 4) is 5.75 Å². The Balaban J connectivity index is 1.83. The molecule has 1 unspecified atom stereocenters. The molecule has 1 aliphatic heterocycles. The molecule has 1 aromatic carbocycles. The first-order chi connectivity index (χ1) is 14.0. The molecule has 0 aromatic heterocycles. The van der Waals surface area contributed by atoms with Crippen LogP contribution in [0, 0.1) is 0 Å². The van der Waals surface area contributed by atoms with Crippen LogP contribution < -0.4 is 10.1 Å². The lowest BCUT2D eigenvalue weighted by Gasteiger charge is -2.35. The number of ether oxygens (including phenoxy) is 2. The molecular formula is C21H35N3O5S. The normalized spacial score (nSPS) is 18.3. The van der Waals surface area contributed by atoms with Crippen molar-refractivity contribution in [1.29, 1.82) is 0 Å². The van der Waals surface area contributed by atoms with E-state index in [9.17, 15) is 13.2 Å². The van der Waals surface area contributed by atoms with Gasteiger partial charge in [0.1, 0.15) is 18.0 Å². The van der Waals surface area contributed by atoms with Gasteiger partial charge >= 0.3 is 6.09 Å². The minimum absolute atomic E-state index is 0.240. The van der Waals surface area contributed by atoms with E-state index in [4.69, 9.17) is 9.47 Å². The number of carbonyl (C=O) groups excluding carboxylic acids is 1. The Morgan fingerprint density at radius 2 is 1.87 bits per heavy atom. The van der Waals surface area contributed by atoms with Crippen LogP contribution in [0.15, 0.2) is 29.2 Å². The van der Waals surface area contributed by atoms with E-state index in [1.807, 2.05) is 20.8 Å². The first kappa shape index (κ1) is 24.4. The number of carbonyl (C=O) groups is 1. The van der Waals surface area contributed by atoms with Crippen LogP contribution in [0.2, 0.25) is 0 Å². The molecule has 0 spiro atoms. The zero-order valence-electron chi connectivity index (χ0n) is 18.7. The molecule has 2 rings (SSSR count). The monoisotopic (exact) mass is 441 g/mol. The van der Waals surface area contributed by atoms with Crippen molar-refractivity contribution in [3.63, 3.8) is 0 Å². The van der Waals surface area contributed by atoms with Crippen LogP contribution in [0.3, 0.4) is 0 Å². The minimum atomic E-state index is -3.44. The van der Waals surface area contributed by atoms with Crippen LogP contribution in [-0.2, 0) is 14.8 Å². The van der Waals surface area contributed by atoms with Gasteiger partial charge in [-0.3, -0.25) is 4.90 Å². The Hall–Kier alpha value is -1.84. The Morgan fingerprint density at radius 1 is 1.20 bits per heavy atom.